The quantitative estimate of drug-likeness (QED) is 0.939. The summed E-state index contributed by atoms with van der Waals surface area (Å²) in [6.45, 7) is 8.24. The first-order chi connectivity index (χ1) is 10.3. The zero-order valence-electron chi connectivity index (χ0n) is 13.2. The van der Waals surface area contributed by atoms with Crippen LogP contribution in [0.25, 0.3) is 11.4 Å². The lowest BCUT2D eigenvalue weighted by Gasteiger charge is -2.27. The Hall–Kier alpha value is -1.95. The minimum absolute atomic E-state index is 0.0000772. The summed E-state index contributed by atoms with van der Waals surface area (Å²) in [5.74, 6) is 0.329. The van der Waals surface area contributed by atoms with Gasteiger partial charge >= 0.3 is 0 Å². The molecule has 2 rings (SSSR count). The van der Waals surface area contributed by atoms with Crippen LogP contribution in [-0.4, -0.2) is 32.2 Å². The molecule has 2 aromatic rings. The highest BCUT2D eigenvalue weighted by Gasteiger charge is 2.22. The van der Waals surface area contributed by atoms with Gasteiger partial charge in [0.1, 0.15) is 6.54 Å². The van der Waals surface area contributed by atoms with Gasteiger partial charge in [-0.1, -0.05) is 32.4 Å². The molecule has 1 aromatic heterocycles. The van der Waals surface area contributed by atoms with Gasteiger partial charge < -0.3 is 5.32 Å². The van der Waals surface area contributed by atoms with Crippen molar-refractivity contribution in [2.75, 3.05) is 0 Å². The normalized spacial score (nSPS) is 13.0. The molecular formula is C15H20ClN5O. The number of aromatic nitrogens is 4. The van der Waals surface area contributed by atoms with E-state index < -0.39 is 0 Å². The van der Waals surface area contributed by atoms with Crippen molar-refractivity contribution in [1.82, 2.24) is 25.5 Å². The molecule has 0 aliphatic heterocycles. The van der Waals surface area contributed by atoms with E-state index >= 15 is 0 Å². The van der Waals surface area contributed by atoms with Crippen LogP contribution >= 0.6 is 11.6 Å². The molecule has 1 unspecified atom stereocenters. The molecule has 6 nitrogen and oxygen atoms in total. The second-order valence-electron chi connectivity index (χ2n) is 6.31. The number of benzene rings is 1. The first-order valence-corrected chi connectivity index (χ1v) is 7.46. The van der Waals surface area contributed by atoms with E-state index in [2.05, 4.69) is 41.5 Å². The lowest BCUT2D eigenvalue weighted by molar-refractivity contribution is -0.123. The summed E-state index contributed by atoms with van der Waals surface area (Å²) in [6, 6.07) is 7.20. The lowest BCUT2D eigenvalue weighted by Crippen LogP contribution is -2.43. The Kier molecular flexibility index (Phi) is 4.81. The van der Waals surface area contributed by atoms with Crippen molar-refractivity contribution >= 4 is 17.5 Å². The van der Waals surface area contributed by atoms with E-state index in [0.717, 1.165) is 5.56 Å². The van der Waals surface area contributed by atoms with Crippen LogP contribution in [0.1, 0.15) is 27.7 Å². The zero-order valence-corrected chi connectivity index (χ0v) is 13.9. The summed E-state index contributed by atoms with van der Waals surface area (Å²) in [6.07, 6.45) is 0. The molecule has 1 aromatic carbocycles. The fourth-order valence-electron chi connectivity index (χ4n) is 1.66. The molecule has 0 saturated carbocycles. The maximum Gasteiger partial charge on any atom is 0.243 e. The van der Waals surface area contributed by atoms with Crippen LogP contribution in [0, 0.1) is 5.41 Å². The van der Waals surface area contributed by atoms with E-state index in [1.54, 1.807) is 12.1 Å². The second-order valence-corrected chi connectivity index (χ2v) is 6.74. The van der Waals surface area contributed by atoms with Crippen LogP contribution in [0.4, 0.5) is 0 Å². The first kappa shape index (κ1) is 16.4. The maximum atomic E-state index is 12.0. The van der Waals surface area contributed by atoms with Gasteiger partial charge in [-0.25, -0.2) is 0 Å². The van der Waals surface area contributed by atoms with Crippen LogP contribution in [-0.2, 0) is 11.3 Å². The molecule has 7 heteroatoms. The van der Waals surface area contributed by atoms with Crippen molar-refractivity contribution in [2.24, 2.45) is 5.41 Å². The highest BCUT2D eigenvalue weighted by Crippen LogP contribution is 2.18. The number of tetrazole rings is 1. The molecule has 0 bridgehead atoms. The molecule has 0 aliphatic rings. The predicted octanol–water partition coefficient (Wildman–Crippen LogP) is 2.54. The summed E-state index contributed by atoms with van der Waals surface area (Å²) in [5.41, 5.74) is 0.805. The SMILES string of the molecule is CC(NC(=O)Cn1nnc(-c2ccc(Cl)cc2)n1)C(C)(C)C. The van der Waals surface area contributed by atoms with Crippen molar-refractivity contribution < 1.29 is 4.79 Å². The van der Waals surface area contributed by atoms with Crippen LogP contribution in [0.2, 0.25) is 5.02 Å². The number of carbonyl (C=O) groups is 1. The summed E-state index contributed by atoms with van der Waals surface area (Å²) < 4.78 is 0. The molecule has 1 heterocycles. The molecule has 0 spiro atoms. The molecule has 1 amide bonds. The van der Waals surface area contributed by atoms with Crippen molar-refractivity contribution in [1.29, 1.82) is 0 Å². The Bertz CT molecular complexity index is 645. The topological polar surface area (TPSA) is 72.7 Å². The Labute approximate surface area is 134 Å². The number of nitrogens with one attached hydrogen (secondary N) is 1. The van der Waals surface area contributed by atoms with Crippen LogP contribution in [0.15, 0.2) is 24.3 Å². The molecule has 118 valence electrons. The van der Waals surface area contributed by atoms with Gasteiger partial charge in [0.05, 0.1) is 0 Å². The van der Waals surface area contributed by atoms with Gasteiger partial charge in [0.15, 0.2) is 0 Å². The fourth-order valence-corrected chi connectivity index (χ4v) is 1.78. The second kappa shape index (κ2) is 6.44. The standard InChI is InChI=1S/C15H20ClN5O/c1-10(15(2,3)4)17-13(22)9-21-19-14(18-20-21)11-5-7-12(16)8-6-11/h5-8,10H,9H2,1-4H3,(H,17,22). The van der Waals surface area contributed by atoms with E-state index in [9.17, 15) is 4.79 Å². The van der Waals surface area contributed by atoms with E-state index in [-0.39, 0.29) is 23.9 Å². The van der Waals surface area contributed by atoms with Gasteiger partial charge in [-0.3, -0.25) is 4.79 Å². The average molecular weight is 322 g/mol. The Balaban J connectivity index is 2.00. The van der Waals surface area contributed by atoms with E-state index in [0.29, 0.717) is 10.8 Å². The minimum atomic E-state index is -0.137. The Morgan fingerprint density at radius 1 is 1.32 bits per heavy atom. The lowest BCUT2D eigenvalue weighted by atomic mass is 9.88. The van der Waals surface area contributed by atoms with Gasteiger partial charge in [-0.05, 0) is 41.8 Å². The monoisotopic (exact) mass is 321 g/mol. The summed E-state index contributed by atoms with van der Waals surface area (Å²) in [4.78, 5) is 13.3. The fraction of sp³-hybridized carbons (Fsp3) is 0.467. The third kappa shape index (κ3) is 4.27. The molecule has 1 atom stereocenters. The van der Waals surface area contributed by atoms with Crippen molar-refractivity contribution in [3.63, 3.8) is 0 Å². The minimum Gasteiger partial charge on any atom is -0.351 e. The summed E-state index contributed by atoms with van der Waals surface area (Å²) >= 11 is 5.84. The van der Waals surface area contributed by atoms with Gasteiger partial charge in [0.25, 0.3) is 0 Å². The molecule has 1 N–H and O–H groups in total. The smallest absolute Gasteiger partial charge is 0.243 e. The van der Waals surface area contributed by atoms with Crippen molar-refractivity contribution in [3.8, 4) is 11.4 Å². The third-order valence-corrected chi connectivity index (χ3v) is 3.77. The maximum absolute atomic E-state index is 12.0. The largest absolute Gasteiger partial charge is 0.351 e. The van der Waals surface area contributed by atoms with Gasteiger partial charge in [-0.2, -0.15) is 4.80 Å². The van der Waals surface area contributed by atoms with E-state index in [4.69, 9.17) is 11.6 Å². The third-order valence-electron chi connectivity index (χ3n) is 3.52. The van der Waals surface area contributed by atoms with Gasteiger partial charge in [0, 0.05) is 16.6 Å². The average Bonchev–Trinajstić information content (AvgIpc) is 2.86. The number of rotatable bonds is 4. The molecule has 22 heavy (non-hydrogen) atoms. The number of nitrogens with zero attached hydrogens (tertiary/aromatic N) is 4. The number of amides is 1. The zero-order chi connectivity index (χ0) is 16.3. The highest BCUT2D eigenvalue weighted by atomic mass is 35.5. The molecule has 0 aliphatic carbocycles. The first-order valence-electron chi connectivity index (χ1n) is 7.09. The molecular weight excluding hydrogens is 302 g/mol. The molecule has 0 radical (unpaired) electrons. The highest BCUT2D eigenvalue weighted by molar-refractivity contribution is 6.30. The Morgan fingerprint density at radius 2 is 1.95 bits per heavy atom. The van der Waals surface area contributed by atoms with Crippen LogP contribution in [0.5, 0.6) is 0 Å². The van der Waals surface area contributed by atoms with Gasteiger partial charge in [-0.15, -0.1) is 10.2 Å². The summed E-state index contributed by atoms with van der Waals surface area (Å²) in [7, 11) is 0. The van der Waals surface area contributed by atoms with Crippen molar-refractivity contribution in [2.45, 2.75) is 40.3 Å². The predicted molar refractivity (Wildman–Crippen MR) is 85.3 cm³/mol. The number of hydrogen-bond donors (Lipinski definition) is 1. The van der Waals surface area contributed by atoms with Crippen LogP contribution < -0.4 is 5.32 Å². The van der Waals surface area contributed by atoms with E-state index in [1.807, 2.05) is 19.1 Å². The Morgan fingerprint density at radius 3 is 2.55 bits per heavy atom. The number of carbonyl (C=O) groups excluding carboxylic acids is 1. The number of halogens is 1. The molecule has 0 fully saturated rings. The van der Waals surface area contributed by atoms with Gasteiger partial charge in [0.2, 0.25) is 11.7 Å². The summed E-state index contributed by atoms with van der Waals surface area (Å²) in [5, 5.41) is 15.7. The van der Waals surface area contributed by atoms with E-state index in [1.165, 1.54) is 4.80 Å². The number of hydrogen-bond acceptors (Lipinski definition) is 4. The van der Waals surface area contributed by atoms with Crippen LogP contribution in [0.3, 0.4) is 0 Å². The van der Waals surface area contributed by atoms with Crippen molar-refractivity contribution in [3.05, 3.63) is 29.3 Å². The molecule has 0 saturated heterocycles.